The number of Topliss-reactive ketones (excluding diaryl/α,β-unsaturated/α-hetero) is 1. The summed E-state index contributed by atoms with van der Waals surface area (Å²) in [6.45, 7) is 0. The molecule has 0 bridgehead atoms. The molecule has 5 nitrogen and oxygen atoms in total. The Bertz CT molecular complexity index is 1150. The van der Waals surface area contributed by atoms with Crippen LogP contribution in [0.1, 0.15) is 27.4 Å². The van der Waals surface area contributed by atoms with Gasteiger partial charge in [-0.15, -0.1) is 0 Å². The third-order valence-corrected chi connectivity index (χ3v) is 8.57. The minimum Gasteiger partial charge on any atom is -0.506 e. The molecule has 0 saturated heterocycles. The molecule has 0 radical (unpaired) electrons. The summed E-state index contributed by atoms with van der Waals surface area (Å²) in [7, 11) is 0. The Kier molecular flexibility index (Phi) is 6.21. The number of carbonyl (C=O) groups is 2. The lowest BCUT2D eigenvalue weighted by Gasteiger charge is -2.35. The molecule has 2 N–H and O–H groups in total. The van der Waals surface area contributed by atoms with Crippen molar-refractivity contribution in [2.24, 2.45) is 0 Å². The number of aromatic hydroxyl groups is 1. The number of rotatable bonds is 2. The van der Waals surface area contributed by atoms with Gasteiger partial charge in [0, 0.05) is 17.1 Å². The summed E-state index contributed by atoms with van der Waals surface area (Å²) in [4.78, 5) is 24.5. The smallest absolute Gasteiger partial charge is 0.335 e. The van der Waals surface area contributed by atoms with Gasteiger partial charge in [0.25, 0.3) is 0 Å². The molecule has 4 rings (SSSR count). The van der Waals surface area contributed by atoms with Crippen LogP contribution in [0, 0.1) is 7.14 Å². The number of allylic oxidation sites excluding steroid dienone is 4. The number of fused-ring (bicyclic) bond motifs is 1. The summed E-state index contributed by atoms with van der Waals surface area (Å²) in [5.74, 6) is -0.436. The predicted molar refractivity (Wildman–Crippen MR) is 141 cm³/mol. The van der Waals surface area contributed by atoms with Crippen molar-refractivity contribution in [2.75, 3.05) is 0 Å². The normalized spacial score (nSPS) is 20.6. The molecule has 0 fully saturated rings. The number of carbonyl (C=O) groups excluding carboxylic acids is 1. The molecule has 1 aliphatic carbocycles. The van der Waals surface area contributed by atoms with E-state index >= 15 is 0 Å². The van der Waals surface area contributed by atoms with Gasteiger partial charge in [-0.1, -0.05) is 40.8 Å². The van der Waals surface area contributed by atoms with Crippen molar-refractivity contribution in [3.8, 4) is 11.5 Å². The molecule has 0 amide bonds. The van der Waals surface area contributed by atoms with Gasteiger partial charge in [-0.2, -0.15) is 0 Å². The standard InChI is InChI=1S/C20H10I4O5/c21-11-5-9-13(7-3-1-2-4-8(7)20(27)28)10-6-12(22)17(26)15(24)19(10)29-18(9)14(23)16(11)25/h1-6,13-14,26H,(H,27,28). The minimum atomic E-state index is -1.02. The maximum atomic E-state index is 12.6. The van der Waals surface area contributed by atoms with Crippen LogP contribution in [0.3, 0.4) is 0 Å². The maximum absolute atomic E-state index is 12.6. The van der Waals surface area contributed by atoms with Crippen LogP contribution < -0.4 is 4.74 Å². The Morgan fingerprint density at radius 1 is 1.10 bits per heavy atom. The summed E-state index contributed by atoms with van der Waals surface area (Å²) in [6.07, 6.45) is 1.78. The molecule has 0 saturated carbocycles. The lowest BCUT2D eigenvalue weighted by molar-refractivity contribution is -0.113. The van der Waals surface area contributed by atoms with Gasteiger partial charge < -0.3 is 14.9 Å². The first-order valence-electron chi connectivity index (χ1n) is 8.22. The van der Waals surface area contributed by atoms with Gasteiger partial charge in [0.15, 0.2) is 5.78 Å². The van der Waals surface area contributed by atoms with Gasteiger partial charge in [-0.25, -0.2) is 4.79 Å². The van der Waals surface area contributed by atoms with E-state index in [1.54, 1.807) is 30.3 Å². The van der Waals surface area contributed by atoms with E-state index in [9.17, 15) is 19.8 Å². The maximum Gasteiger partial charge on any atom is 0.335 e. The monoisotopic (exact) mass is 838 g/mol. The van der Waals surface area contributed by atoms with E-state index in [1.165, 1.54) is 0 Å². The summed E-state index contributed by atoms with van der Waals surface area (Å²) in [6, 6.07) is 8.68. The average molecular weight is 838 g/mol. The Balaban J connectivity index is 2.08. The summed E-state index contributed by atoms with van der Waals surface area (Å²) in [5, 5.41) is 20.2. The number of carboxylic acid groups (broad SMARTS) is 1. The topological polar surface area (TPSA) is 83.8 Å². The van der Waals surface area contributed by atoms with E-state index in [4.69, 9.17) is 4.74 Å². The largest absolute Gasteiger partial charge is 0.506 e. The lowest BCUT2D eigenvalue weighted by Crippen LogP contribution is -2.30. The molecule has 2 unspecified atom stereocenters. The number of phenolic OH excluding ortho intramolecular Hbond substituents is 1. The quantitative estimate of drug-likeness (QED) is 0.296. The first kappa shape index (κ1) is 21.8. The van der Waals surface area contributed by atoms with Crippen LogP contribution >= 0.6 is 90.4 Å². The molecule has 2 aliphatic rings. The van der Waals surface area contributed by atoms with Gasteiger partial charge in [0.2, 0.25) is 0 Å². The second-order valence-corrected chi connectivity index (χ2v) is 11.1. The average Bonchev–Trinajstić information content (AvgIpc) is 2.69. The number of phenols is 1. The van der Waals surface area contributed by atoms with Crippen LogP contribution in [0.25, 0.3) is 0 Å². The van der Waals surface area contributed by atoms with E-state index in [2.05, 4.69) is 22.6 Å². The number of hydrogen-bond acceptors (Lipinski definition) is 4. The highest BCUT2D eigenvalue weighted by atomic mass is 127. The molecule has 2 aromatic rings. The van der Waals surface area contributed by atoms with E-state index in [-0.39, 0.29) is 17.1 Å². The van der Waals surface area contributed by atoms with Crippen molar-refractivity contribution in [3.63, 3.8) is 0 Å². The van der Waals surface area contributed by atoms with E-state index in [0.29, 0.717) is 27.8 Å². The number of ether oxygens (including phenoxy) is 1. The van der Waals surface area contributed by atoms with Gasteiger partial charge >= 0.3 is 5.97 Å². The van der Waals surface area contributed by atoms with Crippen LogP contribution in [0.2, 0.25) is 0 Å². The molecule has 9 heteroatoms. The highest BCUT2D eigenvalue weighted by molar-refractivity contribution is 14.1. The van der Waals surface area contributed by atoms with Gasteiger partial charge in [-0.05, 0) is 91.5 Å². The zero-order valence-corrected chi connectivity index (χ0v) is 22.9. The number of benzene rings is 2. The van der Waals surface area contributed by atoms with Crippen LogP contribution in [0.4, 0.5) is 0 Å². The lowest BCUT2D eigenvalue weighted by atomic mass is 9.78. The summed E-state index contributed by atoms with van der Waals surface area (Å²) in [5.41, 5.74) is 2.35. The SMILES string of the molecule is O=C(O)c1ccccc1C1C2=C(Oc3c1cc(I)c(O)c3I)C(I)C(=O)C(I)=C2. The molecular weight excluding hydrogens is 828 g/mol. The molecule has 1 aliphatic heterocycles. The number of ketones is 1. The van der Waals surface area contributed by atoms with Crippen LogP contribution in [0.15, 0.2) is 51.3 Å². The highest BCUT2D eigenvalue weighted by Crippen LogP contribution is 2.52. The fraction of sp³-hybridized carbons (Fsp3) is 0.100. The number of alkyl halides is 1. The Hall–Kier alpha value is -0.420. The first-order chi connectivity index (χ1) is 13.7. The number of carboxylic acids is 1. The number of aromatic carboxylic acids is 1. The molecule has 29 heavy (non-hydrogen) atoms. The van der Waals surface area contributed by atoms with E-state index in [0.717, 1.165) is 11.1 Å². The Labute approximate surface area is 220 Å². The van der Waals surface area contributed by atoms with E-state index in [1.807, 2.05) is 73.8 Å². The Morgan fingerprint density at radius 3 is 2.48 bits per heavy atom. The predicted octanol–water partition coefficient (Wildman–Crippen LogP) is 5.78. The molecular formula is C20H10I4O5. The fourth-order valence-corrected chi connectivity index (χ4v) is 7.38. The fourth-order valence-electron chi connectivity index (χ4n) is 3.49. The van der Waals surface area contributed by atoms with Crippen molar-refractivity contribution in [2.45, 2.75) is 9.84 Å². The van der Waals surface area contributed by atoms with Gasteiger partial charge in [-0.3, -0.25) is 4.79 Å². The second-order valence-electron chi connectivity index (χ2n) is 6.41. The molecule has 1 heterocycles. The zero-order chi connectivity index (χ0) is 21.0. The van der Waals surface area contributed by atoms with E-state index < -0.39 is 15.8 Å². The number of halogens is 4. The van der Waals surface area contributed by atoms with Crippen LogP contribution in [-0.2, 0) is 4.79 Å². The third kappa shape index (κ3) is 3.62. The molecule has 2 atom stereocenters. The van der Waals surface area contributed by atoms with Crippen molar-refractivity contribution >= 4 is 102 Å². The zero-order valence-electron chi connectivity index (χ0n) is 14.2. The first-order valence-corrected chi connectivity index (χ1v) is 12.7. The minimum absolute atomic E-state index is 0.0524. The summed E-state index contributed by atoms with van der Waals surface area (Å²) >= 11 is 8.14. The highest BCUT2D eigenvalue weighted by Gasteiger charge is 2.41. The molecule has 0 spiro atoms. The Morgan fingerprint density at radius 2 is 1.79 bits per heavy atom. The van der Waals surface area contributed by atoms with Crippen molar-refractivity contribution in [1.29, 1.82) is 0 Å². The molecule has 2 aromatic carbocycles. The second kappa shape index (κ2) is 8.26. The third-order valence-electron chi connectivity index (χ3n) is 4.78. The van der Waals surface area contributed by atoms with Gasteiger partial charge in [0.05, 0.1) is 16.3 Å². The van der Waals surface area contributed by atoms with Crippen molar-refractivity contribution in [3.05, 3.63) is 75.2 Å². The van der Waals surface area contributed by atoms with Crippen molar-refractivity contribution < 1.29 is 24.5 Å². The van der Waals surface area contributed by atoms with Crippen LogP contribution in [0.5, 0.6) is 11.5 Å². The molecule has 0 aromatic heterocycles. The summed E-state index contributed by atoms with van der Waals surface area (Å²) < 4.78 is 7.41. The van der Waals surface area contributed by atoms with Crippen molar-refractivity contribution in [1.82, 2.24) is 0 Å². The number of hydrogen-bond donors (Lipinski definition) is 2. The molecule has 148 valence electrons. The van der Waals surface area contributed by atoms with Crippen LogP contribution in [-0.4, -0.2) is 25.9 Å². The van der Waals surface area contributed by atoms with Gasteiger partial charge in [0.1, 0.15) is 21.2 Å².